The molecule has 7 heterocycles. The normalized spacial score (nSPS) is 17.6. The molecule has 1 saturated heterocycles. The van der Waals surface area contributed by atoms with Crippen molar-refractivity contribution in [2.24, 2.45) is 0 Å². The third-order valence-corrected chi connectivity index (χ3v) is 12.1. The molecule has 4 aromatic carbocycles. The van der Waals surface area contributed by atoms with Crippen LogP contribution in [0.5, 0.6) is 34.5 Å². The SMILES string of the molecule is COc1cc(-c2nc(CC3c4nc(c5[nH]c6ccccc6c5c4-c4cc(OC)c(OC)c(OC)c4)CN4CCN3CC4)cc3c2[nH]c2ccccc23)cc(OC)c1OC. The smallest absolute Gasteiger partial charge is 0.203 e. The average Bonchev–Trinajstić information content (AvgIpc) is 3.88. The number of para-hydroxylation sites is 2. The zero-order valence-electron chi connectivity index (χ0n) is 34.1. The lowest BCUT2D eigenvalue weighted by Crippen LogP contribution is -2.47. The van der Waals surface area contributed by atoms with Crippen LogP contribution in [-0.2, 0) is 13.0 Å². The molecule has 59 heavy (non-hydrogen) atoms. The predicted octanol–water partition coefficient (Wildman–Crippen LogP) is 8.55. The van der Waals surface area contributed by atoms with Gasteiger partial charge >= 0.3 is 0 Å². The van der Waals surface area contributed by atoms with E-state index in [4.69, 9.17) is 38.4 Å². The van der Waals surface area contributed by atoms with E-state index >= 15 is 0 Å². The first-order valence-electron chi connectivity index (χ1n) is 19.9. The Bertz CT molecular complexity index is 2860. The summed E-state index contributed by atoms with van der Waals surface area (Å²) in [6.07, 6.45) is 0.602. The van der Waals surface area contributed by atoms with Gasteiger partial charge in [0, 0.05) is 88.5 Å². The molecule has 8 aromatic rings. The highest BCUT2D eigenvalue weighted by Gasteiger charge is 2.35. The van der Waals surface area contributed by atoms with Gasteiger partial charge in [0.15, 0.2) is 23.0 Å². The Kier molecular flexibility index (Phi) is 9.18. The number of aromatic nitrogens is 4. The van der Waals surface area contributed by atoms with Crippen LogP contribution in [0.25, 0.3) is 66.0 Å². The largest absolute Gasteiger partial charge is 0.493 e. The number of rotatable bonds is 10. The van der Waals surface area contributed by atoms with E-state index in [1.165, 1.54) is 0 Å². The zero-order chi connectivity index (χ0) is 40.4. The van der Waals surface area contributed by atoms with E-state index in [0.717, 1.165) is 116 Å². The van der Waals surface area contributed by atoms with Gasteiger partial charge in [-0.1, -0.05) is 36.4 Å². The monoisotopic (exact) mass is 790 g/mol. The number of ether oxygens (including phenoxy) is 6. The van der Waals surface area contributed by atoms with Crippen molar-refractivity contribution in [2.75, 3.05) is 68.8 Å². The molecule has 1 fully saturated rings. The quantitative estimate of drug-likeness (QED) is 0.140. The van der Waals surface area contributed by atoms with Crippen LogP contribution in [0, 0.1) is 0 Å². The number of hydrogen-bond acceptors (Lipinski definition) is 10. The van der Waals surface area contributed by atoms with Crippen LogP contribution in [0.1, 0.15) is 23.1 Å². The van der Waals surface area contributed by atoms with Crippen molar-refractivity contribution in [1.29, 1.82) is 0 Å². The molecule has 3 aliphatic heterocycles. The highest BCUT2D eigenvalue weighted by atomic mass is 16.5. The fraction of sp³-hybridized carbons (Fsp3) is 0.277. The van der Waals surface area contributed by atoms with E-state index in [2.05, 4.69) is 86.5 Å². The number of nitrogens with one attached hydrogen (secondary N) is 2. The van der Waals surface area contributed by atoms with Gasteiger partial charge in [0.05, 0.1) is 76.8 Å². The Labute approximate surface area is 341 Å². The molecule has 11 rings (SSSR count). The van der Waals surface area contributed by atoms with Gasteiger partial charge in [0.25, 0.3) is 0 Å². The summed E-state index contributed by atoms with van der Waals surface area (Å²) < 4.78 is 35.1. The Morgan fingerprint density at radius 3 is 1.76 bits per heavy atom. The summed E-state index contributed by atoms with van der Waals surface area (Å²) >= 11 is 0. The molecule has 0 saturated carbocycles. The fourth-order valence-corrected chi connectivity index (χ4v) is 9.35. The minimum absolute atomic E-state index is 0.135. The summed E-state index contributed by atoms with van der Waals surface area (Å²) in [5.74, 6) is 3.36. The molecule has 4 aromatic heterocycles. The van der Waals surface area contributed by atoms with E-state index in [9.17, 15) is 0 Å². The van der Waals surface area contributed by atoms with E-state index in [1.54, 1.807) is 42.7 Å². The van der Waals surface area contributed by atoms with Gasteiger partial charge in [-0.3, -0.25) is 19.8 Å². The average molecular weight is 791 g/mol. The molecule has 4 bridgehead atoms. The van der Waals surface area contributed by atoms with Gasteiger partial charge in [-0.25, -0.2) is 0 Å². The second kappa shape index (κ2) is 14.7. The van der Waals surface area contributed by atoms with Gasteiger partial charge in [0.2, 0.25) is 11.5 Å². The van der Waals surface area contributed by atoms with Gasteiger partial charge in [-0.15, -0.1) is 0 Å². The van der Waals surface area contributed by atoms with Crippen LogP contribution in [0.3, 0.4) is 0 Å². The lowest BCUT2D eigenvalue weighted by molar-refractivity contribution is 0.0942. The number of fused-ring (bicyclic) bond motifs is 8. The lowest BCUT2D eigenvalue weighted by Gasteiger charge is -2.38. The molecule has 1 atom stereocenters. The summed E-state index contributed by atoms with van der Waals surface area (Å²) in [5.41, 5.74) is 10.7. The highest BCUT2D eigenvalue weighted by Crippen LogP contribution is 2.48. The first-order chi connectivity index (χ1) is 28.9. The second-order valence-electron chi connectivity index (χ2n) is 15.2. The van der Waals surface area contributed by atoms with E-state index < -0.39 is 0 Å². The number of aromatic amines is 2. The fourth-order valence-electron chi connectivity index (χ4n) is 9.35. The first-order valence-corrected chi connectivity index (χ1v) is 19.9. The molecule has 12 nitrogen and oxygen atoms in total. The van der Waals surface area contributed by atoms with Crippen molar-refractivity contribution in [1.82, 2.24) is 29.7 Å². The van der Waals surface area contributed by atoms with Crippen molar-refractivity contribution >= 4 is 43.6 Å². The van der Waals surface area contributed by atoms with Crippen LogP contribution in [0.2, 0.25) is 0 Å². The lowest BCUT2D eigenvalue weighted by atomic mass is 9.91. The molecular formula is C47H46N6O6. The van der Waals surface area contributed by atoms with Crippen LogP contribution < -0.4 is 28.4 Å². The summed E-state index contributed by atoms with van der Waals surface area (Å²) in [4.78, 5) is 23.8. The Balaban J connectivity index is 1.25. The molecule has 300 valence electrons. The van der Waals surface area contributed by atoms with Crippen molar-refractivity contribution < 1.29 is 28.4 Å². The third-order valence-electron chi connectivity index (χ3n) is 12.1. The Morgan fingerprint density at radius 1 is 0.593 bits per heavy atom. The van der Waals surface area contributed by atoms with Crippen molar-refractivity contribution in [3.63, 3.8) is 0 Å². The number of pyridine rings is 2. The summed E-state index contributed by atoms with van der Waals surface area (Å²) in [7, 11) is 9.84. The van der Waals surface area contributed by atoms with Crippen molar-refractivity contribution in [3.8, 4) is 56.9 Å². The Hall–Kier alpha value is -6.50. The number of nitrogens with zero attached hydrogens (tertiary/aromatic N) is 4. The summed E-state index contributed by atoms with van der Waals surface area (Å²) in [6, 6.07) is 27.1. The van der Waals surface area contributed by atoms with Gasteiger partial charge in [-0.05, 0) is 48.0 Å². The van der Waals surface area contributed by atoms with Crippen LogP contribution >= 0.6 is 0 Å². The maximum atomic E-state index is 5.95. The molecule has 2 N–H and O–H groups in total. The minimum Gasteiger partial charge on any atom is -0.493 e. The standard InChI is InChI=1S/C47H46N6O6/c1-54-36-19-26(20-37(55-2)46(36)58-5)40-41-30-12-8-10-14-33(30)50-44(41)34-25-52-15-17-53(18-16-52)35(45(40)51-34)24-28-23-31-29-11-7-9-13-32(29)49-43(31)42(48-28)27-21-38(56-3)47(59-6)39(22-27)57-4/h7-14,19-23,35,49-50H,15-18,24-25H2,1-6H3. The maximum Gasteiger partial charge on any atom is 0.203 e. The number of hydrogen-bond donors (Lipinski definition) is 2. The molecule has 12 heteroatoms. The summed E-state index contributed by atoms with van der Waals surface area (Å²) in [5, 5.41) is 4.48. The van der Waals surface area contributed by atoms with E-state index in [-0.39, 0.29) is 6.04 Å². The van der Waals surface area contributed by atoms with Crippen molar-refractivity contribution in [3.05, 3.63) is 95.9 Å². The predicted molar refractivity (Wildman–Crippen MR) is 231 cm³/mol. The molecule has 0 aliphatic carbocycles. The summed E-state index contributed by atoms with van der Waals surface area (Å²) in [6.45, 7) is 4.40. The second-order valence-corrected chi connectivity index (χ2v) is 15.2. The number of benzene rings is 4. The van der Waals surface area contributed by atoms with Gasteiger partial charge < -0.3 is 38.4 Å². The Morgan fingerprint density at radius 2 is 1.15 bits per heavy atom. The van der Waals surface area contributed by atoms with E-state index in [1.807, 2.05) is 12.1 Å². The van der Waals surface area contributed by atoms with Gasteiger partial charge in [0.1, 0.15) is 0 Å². The number of piperazine rings is 1. The topological polar surface area (TPSA) is 119 Å². The van der Waals surface area contributed by atoms with Crippen molar-refractivity contribution in [2.45, 2.75) is 19.0 Å². The third kappa shape index (κ3) is 5.96. The first kappa shape index (κ1) is 36.8. The van der Waals surface area contributed by atoms with E-state index in [0.29, 0.717) is 40.9 Å². The number of methoxy groups -OCH3 is 6. The molecule has 0 radical (unpaired) electrons. The van der Waals surface area contributed by atoms with Crippen LogP contribution in [0.4, 0.5) is 0 Å². The van der Waals surface area contributed by atoms with Crippen LogP contribution in [-0.4, -0.2) is 98.6 Å². The van der Waals surface area contributed by atoms with Gasteiger partial charge in [-0.2, -0.15) is 0 Å². The molecule has 3 aliphatic rings. The molecular weight excluding hydrogens is 745 g/mol. The zero-order valence-corrected chi connectivity index (χ0v) is 34.1. The molecule has 1 unspecified atom stereocenters. The highest BCUT2D eigenvalue weighted by molar-refractivity contribution is 6.16. The molecule has 0 amide bonds. The maximum absolute atomic E-state index is 5.95. The minimum atomic E-state index is -0.135. The molecule has 0 spiro atoms. The van der Waals surface area contributed by atoms with Crippen LogP contribution in [0.15, 0.2) is 78.9 Å². The number of H-pyrrole nitrogens is 2.